The third kappa shape index (κ3) is 8.01. The lowest BCUT2D eigenvalue weighted by Crippen LogP contribution is -2.40. The number of piperidine rings is 1. The zero-order chi connectivity index (χ0) is 29.4. The smallest absolute Gasteiger partial charge is 0.414 e. The Balaban J connectivity index is 0.000000585. The Morgan fingerprint density at radius 1 is 0.976 bits per heavy atom. The molecule has 0 unspecified atom stereocenters. The fourth-order valence-electron chi connectivity index (χ4n) is 5.02. The number of carboxylic acid groups (broad SMARTS) is 2. The van der Waals surface area contributed by atoms with Gasteiger partial charge in [0.1, 0.15) is 17.3 Å². The summed E-state index contributed by atoms with van der Waals surface area (Å²) in [7, 11) is 1.88. The number of carboxylic acids is 2. The van der Waals surface area contributed by atoms with Gasteiger partial charge in [0.2, 0.25) is 0 Å². The fourth-order valence-corrected chi connectivity index (χ4v) is 5.02. The first-order valence-corrected chi connectivity index (χ1v) is 13.5. The maximum atomic E-state index is 13.4. The van der Waals surface area contributed by atoms with Gasteiger partial charge < -0.3 is 29.6 Å². The highest BCUT2D eigenvalue weighted by atomic mass is 19.1. The van der Waals surface area contributed by atoms with Gasteiger partial charge in [0.15, 0.2) is 0 Å². The zero-order valence-electron chi connectivity index (χ0n) is 22.9. The van der Waals surface area contributed by atoms with Crippen LogP contribution >= 0.6 is 0 Å². The standard InChI is InChI=1S/C28H32FN5O.C2H2O4/c1-32-15-4-7-26(32)28(35)30-14-18-33-16-12-21(13-17-33)19-27-31-24-5-2-3-6-25(24)34(27)20-22-8-10-23(29)11-9-22;3-1(4)2(5)6/h2-11,15,21H,12-14,16-20H2,1H3,(H,30,35);(H,3,4)(H,5,6). The van der Waals surface area contributed by atoms with Crippen molar-refractivity contribution in [3.05, 3.63) is 89.8 Å². The highest BCUT2D eigenvalue weighted by Crippen LogP contribution is 2.25. The van der Waals surface area contributed by atoms with Crippen LogP contribution in [-0.4, -0.2) is 73.3 Å². The second kappa shape index (κ2) is 13.7. The van der Waals surface area contributed by atoms with E-state index in [1.54, 1.807) is 0 Å². The summed E-state index contributed by atoms with van der Waals surface area (Å²) in [5.41, 5.74) is 3.89. The maximum Gasteiger partial charge on any atom is 0.414 e. The predicted molar refractivity (Wildman–Crippen MR) is 151 cm³/mol. The molecule has 2 aromatic carbocycles. The molecule has 1 saturated heterocycles. The Bertz CT molecular complexity index is 1480. The number of rotatable bonds is 8. The molecule has 41 heavy (non-hydrogen) atoms. The van der Waals surface area contributed by atoms with Crippen LogP contribution in [0.2, 0.25) is 0 Å². The van der Waals surface area contributed by atoms with Crippen molar-refractivity contribution in [2.24, 2.45) is 13.0 Å². The van der Waals surface area contributed by atoms with Crippen LogP contribution in [0.15, 0.2) is 66.9 Å². The van der Waals surface area contributed by atoms with Crippen molar-refractivity contribution in [3.63, 3.8) is 0 Å². The first-order valence-electron chi connectivity index (χ1n) is 13.5. The number of fused-ring (bicyclic) bond motifs is 1. The molecule has 0 spiro atoms. The van der Waals surface area contributed by atoms with Gasteiger partial charge in [0, 0.05) is 39.3 Å². The second-order valence-electron chi connectivity index (χ2n) is 10.1. The number of benzene rings is 2. The number of aromatic nitrogens is 3. The summed E-state index contributed by atoms with van der Waals surface area (Å²) in [6, 6.07) is 18.7. The summed E-state index contributed by atoms with van der Waals surface area (Å²) in [5.74, 6) is -2.20. The molecule has 1 fully saturated rings. The van der Waals surface area contributed by atoms with Gasteiger partial charge in [-0.2, -0.15) is 0 Å². The van der Waals surface area contributed by atoms with E-state index in [9.17, 15) is 9.18 Å². The Morgan fingerprint density at radius 3 is 2.29 bits per heavy atom. The van der Waals surface area contributed by atoms with Crippen molar-refractivity contribution in [1.82, 2.24) is 24.3 Å². The number of para-hydroxylation sites is 2. The van der Waals surface area contributed by atoms with E-state index in [0.717, 1.165) is 61.3 Å². The topological polar surface area (TPSA) is 130 Å². The number of aryl methyl sites for hydroxylation is 1. The van der Waals surface area contributed by atoms with Crippen LogP contribution in [0.3, 0.4) is 0 Å². The van der Waals surface area contributed by atoms with E-state index in [-0.39, 0.29) is 11.7 Å². The molecule has 4 aromatic rings. The molecule has 3 N–H and O–H groups in total. The van der Waals surface area contributed by atoms with Crippen LogP contribution in [0.4, 0.5) is 4.39 Å². The van der Waals surface area contributed by atoms with Gasteiger partial charge in [-0.05, 0) is 73.8 Å². The van der Waals surface area contributed by atoms with Crippen LogP contribution in [-0.2, 0) is 29.6 Å². The lowest BCUT2D eigenvalue weighted by Gasteiger charge is -2.32. The number of carbonyl (C=O) groups is 3. The highest BCUT2D eigenvalue weighted by Gasteiger charge is 2.22. The van der Waals surface area contributed by atoms with Gasteiger partial charge in [-0.15, -0.1) is 0 Å². The molecule has 1 aliphatic heterocycles. The Morgan fingerprint density at radius 2 is 1.66 bits per heavy atom. The van der Waals surface area contributed by atoms with E-state index in [0.29, 0.717) is 24.7 Å². The van der Waals surface area contributed by atoms with E-state index < -0.39 is 11.9 Å². The van der Waals surface area contributed by atoms with Crippen LogP contribution < -0.4 is 5.32 Å². The molecule has 1 aliphatic rings. The molecule has 0 saturated carbocycles. The van der Waals surface area contributed by atoms with E-state index in [1.807, 2.05) is 54.2 Å². The molecule has 10 nitrogen and oxygen atoms in total. The summed E-state index contributed by atoms with van der Waals surface area (Å²) < 4.78 is 17.5. The van der Waals surface area contributed by atoms with E-state index >= 15 is 0 Å². The number of halogens is 1. The van der Waals surface area contributed by atoms with E-state index in [2.05, 4.69) is 26.9 Å². The van der Waals surface area contributed by atoms with Gasteiger partial charge in [-0.25, -0.2) is 19.0 Å². The van der Waals surface area contributed by atoms with Crippen molar-refractivity contribution in [2.45, 2.75) is 25.8 Å². The van der Waals surface area contributed by atoms with E-state index in [4.69, 9.17) is 24.8 Å². The Labute approximate surface area is 237 Å². The van der Waals surface area contributed by atoms with Gasteiger partial charge in [0.05, 0.1) is 11.0 Å². The zero-order valence-corrected chi connectivity index (χ0v) is 22.9. The monoisotopic (exact) mass is 563 g/mol. The van der Waals surface area contributed by atoms with E-state index in [1.165, 1.54) is 12.1 Å². The maximum absolute atomic E-state index is 13.4. The first-order chi connectivity index (χ1) is 19.7. The molecule has 1 amide bonds. The molecule has 2 aromatic heterocycles. The molecular formula is C30H34FN5O5. The molecular weight excluding hydrogens is 529 g/mol. The average Bonchev–Trinajstić information content (AvgIpc) is 3.54. The molecule has 0 radical (unpaired) electrons. The number of hydrogen-bond acceptors (Lipinski definition) is 5. The number of imidazole rings is 1. The summed E-state index contributed by atoms with van der Waals surface area (Å²) >= 11 is 0. The SMILES string of the molecule is Cn1cccc1C(=O)NCCN1CCC(Cc2nc3ccccc3n2Cc2ccc(F)cc2)CC1.O=C(O)C(=O)O. The lowest BCUT2D eigenvalue weighted by molar-refractivity contribution is -0.159. The predicted octanol–water partition coefficient (Wildman–Crippen LogP) is 3.40. The molecule has 216 valence electrons. The summed E-state index contributed by atoms with van der Waals surface area (Å²) in [6.45, 7) is 4.27. The van der Waals surface area contributed by atoms with Crippen molar-refractivity contribution in [2.75, 3.05) is 26.2 Å². The van der Waals surface area contributed by atoms with Crippen molar-refractivity contribution >= 4 is 28.9 Å². The number of carbonyl (C=O) groups excluding carboxylic acids is 1. The van der Waals surface area contributed by atoms with Gasteiger partial charge in [-0.1, -0.05) is 24.3 Å². The second-order valence-corrected chi connectivity index (χ2v) is 10.1. The normalized spacial score (nSPS) is 13.9. The third-order valence-electron chi connectivity index (χ3n) is 7.24. The molecule has 5 rings (SSSR count). The summed E-state index contributed by atoms with van der Waals surface area (Å²) in [6.07, 6.45) is 5.05. The largest absolute Gasteiger partial charge is 0.473 e. The highest BCUT2D eigenvalue weighted by molar-refractivity contribution is 6.27. The number of likely N-dealkylation sites (tertiary alicyclic amines) is 1. The first kappa shape index (κ1) is 29.5. The number of amides is 1. The van der Waals surface area contributed by atoms with Crippen LogP contribution in [0, 0.1) is 11.7 Å². The molecule has 11 heteroatoms. The van der Waals surface area contributed by atoms with Gasteiger partial charge >= 0.3 is 11.9 Å². The number of hydrogen-bond donors (Lipinski definition) is 3. The van der Waals surface area contributed by atoms with Gasteiger partial charge in [0.25, 0.3) is 5.91 Å². The van der Waals surface area contributed by atoms with Crippen LogP contribution in [0.25, 0.3) is 11.0 Å². The molecule has 0 bridgehead atoms. The average molecular weight is 564 g/mol. The number of nitrogens with zero attached hydrogens (tertiary/aromatic N) is 4. The van der Waals surface area contributed by atoms with Gasteiger partial charge in [-0.3, -0.25) is 4.79 Å². The molecule has 0 atom stereocenters. The van der Waals surface area contributed by atoms with Crippen LogP contribution in [0.1, 0.15) is 34.7 Å². The van der Waals surface area contributed by atoms with Crippen molar-refractivity contribution in [3.8, 4) is 0 Å². The minimum Gasteiger partial charge on any atom is -0.473 e. The fraction of sp³-hybridized carbons (Fsp3) is 0.333. The lowest BCUT2D eigenvalue weighted by atomic mass is 9.93. The van der Waals surface area contributed by atoms with Crippen molar-refractivity contribution < 1.29 is 29.0 Å². The van der Waals surface area contributed by atoms with Crippen LogP contribution in [0.5, 0.6) is 0 Å². The Hall–Kier alpha value is -4.51. The summed E-state index contributed by atoms with van der Waals surface area (Å²) in [4.78, 5) is 37.9. The Kier molecular flexibility index (Phi) is 9.86. The molecule has 3 heterocycles. The van der Waals surface area contributed by atoms with Crippen molar-refractivity contribution in [1.29, 1.82) is 0 Å². The third-order valence-corrected chi connectivity index (χ3v) is 7.24. The summed E-state index contributed by atoms with van der Waals surface area (Å²) in [5, 5.41) is 17.8. The number of nitrogens with one attached hydrogen (secondary N) is 1. The minimum absolute atomic E-state index is 0.0209. The molecule has 0 aliphatic carbocycles. The minimum atomic E-state index is -1.82. The number of aliphatic carboxylic acids is 2. The quantitative estimate of drug-likeness (QED) is 0.280.